The maximum atomic E-state index is 13.1. The Labute approximate surface area is 233 Å². The molecule has 0 spiro atoms. The Bertz CT molecular complexity index is 1140. The molecule has 1 N–H and O–H groups in total. The molecule has 3 atom stereocenters. The number of nitrogens with zero attached hydrogens (tertiary/aromatic N) is 2. The number of carbonyl (C=O) groups is 1. The van der Waals surface area contributed by atoms with Crippen molar-refractivity contribution in [2.24, 2.45) is 5.41 Å². The van der Waals surface area contributed by atoms with Crippen LogP contribution >= 0.6 is 0 Å². The van der Waals surface area contributed by atoms with Gasteiger partial charge in [-0.3, -0.25) is 15.0 Å². The molecule has 9 heteroatoms. The third-order valence-electron chi connectivity index (χ3n) is 8.70. The molecule has 2 aromatic carbocycles. The molecule has 0 saturated carbocycles. The summed E-state index contributed by atoms with van der Waals surface area (Å²) in [5.74, 6) is 0.715. The van der Waals surface area contributed by atoms with Crippen molar-refractivity contribution in [2.75, 3.05) is 6.61 Å². The number of para-hydroxylation sites is 1. The van der Waals surface area contributed by atoms with Crippen molar-refractivity contribution in [2.45, 2.75) is 96.6 Å². The number of likely N-dealkylation sites (tertiary alicyclic amines) is 1. The van der Waals surface area contributed by atoms with E-state index in [9.17, 15) is 20.0 Å². The number of benzene rings is 2. The summed E-state index contributed by atoms with van der Waals surface area (Å²) in [5.41, 5.74) is -0.439. The largest absolute Gasteiger partial charge is 0.491 e. The first-order chi connectivity index (χ1) is 18.0. The Morgan fingerprint density at radius 3 is 2.18 bits per heavy atom. The van der Waals surface area contributed by atoms with Gasteiger partial charge in [0.2, 0.25) is 0 Å². The van der Waals surface area contributed by atoms with Gasteiger partial charge in [0, 0.05) is 18.2 Å². The molecule has 1 fully saturated rings. The lowest BCUT2D eigenvalue weighted by atomic mass is 9.68. The van der Waals surface area contributed by atoms with Gasteiger partial charge in [-0.15, -0.1) is 0 Å². The zero-order valence-electron chi connectivity index (χ0n) is 24.6. The van der Waals surface area contributed by atoms with Crippen LogP contribution in [-0.2, 0) is 10.8 Å². The van der Waals surface area contributed by atoms with Crippen LogP contribution in [0.4, 0.5) is 10.5 Å². The Kier molecular flexibility index (Phi) is 8.87. The number of ether oxygens (including phenoxy) is 1. The number of amides is 1. The first kappa shape index (κ1) is 30.6. The summed E-state index contributed by atoms with van der Waals surface area (Å²) in [6.45, 7) is 17.4. The summed E-state index contributed by atoms with van der Waals surface area (Å²) in [4.78, 5) is 25.4. The first-order valence-corrected chi connectivity index (χ1v) is 16.5. The fraction of sp³-hybridized carbons (Fsp3) is 0.567. The van der Waals surface area contributed by atoms with Gasteiger partial charge in [0.05, 0.1) is 10.5 Å². The van der Waals surface area contributed by atoms with Crippen LogP contribution in [-0.4, -0.2) is 53.6 Å². The molecule has 1 amide bonds. The van der Waals surface area contributed by atoms with Crippen molar-refractivity contribution >= 4 is 20.1 Å². The van der Waals surface area contributed by atoms with Crippen LogP contribution in [0.3, 0.4) is 0 Å². The van der Waals surface area contributed by atoms with E-state index in [1.807, 2.05) is 30.3 Å². The predicted octanol–water partition coefficient (Wildman–Crippen LogP) is 7.53. The molecule has 3 rings (SSSR count). The first-order valence-electron chi connectivity index (χ1n) is 13.6. The Morgan fingerprint density at radius 2 is 1.69 bits per heavy atom. The Hall–Kier alpha value is -2.91. The molecule has 0 aliphatic carbocycles. The van der Waals surface area contributed by atoms with Gasteiger partial charge in [-0.05, 0) is 60.5 Å². The second-order valence-electron chi connectivity index (χ2n) is 13.1. The molecule has 214 valence electrons. The third kappa shape index (κ3) is 6.46. The monoisotopic (exact) mass is 556 g/mol. The number of nitro groups is 1. The van der Waals surface area contributed by atoms with E-state index in [1.165, 1.54) is 12.1 Å². The van der Waals surface area contributed by atoms with E-state index in [0.29, 0.717) is 25.0 Å². The smallest absolute Gasteiger partial charge is 0.408 e. The fourth-order valence-electron chi connectivity index (χ4n) is 5.53. The average molecular weight is 557 g/mol. The molecule has 2 aromatic rings. The van der Waals surface area contributed by atoms with E-state index >= 15 is 0 Å². The summed E-state index contributed by atoms with van der Waals surface area (Å²) < 4.78 is 13.4. The minimum absolute atomic E-state index is 0.0187. The van der Waals surface area contributed by atoms with Crippen LogP contribution in [0.5, 0.6) is 5.75 Å². The number of hydrogen-bond acceptors (Lipinski definition) is 5. The van der Waals surface area contributed by atoms with Gasteiger partial charge in [-0.1, -0.05) is 71.9 Å². The molecule has 1 aliphatic heterocycles. The molecule has 1 heterocycles. The number of rotatable bonds is 9. The highest BCUT2D eigenvalue weighted by Gasteiger charge is 2.61. The minimum Gasteiger partial charge on any atom is -0.491 e. The molecule has 1 aliphatic rings. The van der Waals surface area contributed by atoms with Crippen LogP contribution in [0.1, 0.15) is 59.9 Å². The zero-order chi connectivity index (χ0) is 29.2. The quantitative estimate of drug-likeness (QED) is 0.194. The molecular weight excluding hydrogens is 512 g/mol. The normalized spacial score (nSPS) is 21.0. The van der Waals surface area contributed by atoms with Crippen molar-refractivity contribution in [1.29, 1.82) is 0 Å². The highest BCUT2D eigenvalue weighted by atomic mass is 28.4. The van der Waals surface area contributed by atoms with Crippen LogP contribution < -0.4 is 4.74 Å². The third-order valence-corrected chi connectivity index (χ3v) is 13.2. The molecular formula is C30H44N2O6Si. The molecule has 0 aromatic heterocycles. The van der Waals surface area contributed by atoms with E-state index in [4.69, 9.17) is 9.16 Å². The van der Waals surface area contributed by atoms with E-state index in [1.54, 1.807) is 17.0 Å². The second-order valence-corrected chi connectivity index (χ2v) is 17.9. The fourth-order valence-corrected chi connectivity index (χ4v) is 6.86. The van der Waals surface area contributed by atoms with Crippen molar-refractivity contribution < 1.29 is 24.0 Å². The van der Waals surface area contributed by atoms with Crippen molar-refractivity contribution in [3.63, 3.8) is 0 Å². The van der Waals surface area contributed by atoms with Crippen molar-refractivity contribution in [3.8, 4) is 5.75 Å². The van der Waals surface area contributed by atoms with E-state index in [2.05, 4.69) is 54.6 Å². The van der Waals surface area contributed by atoms with Gasteiger partial charge in [0.1, 0.15) is 18.5 Å². The van der Waals surface area contributed by atoms with Crippen molar-refractivity contribution in [1.82, 2.24) is 4.90 Å². The summed E-state index contributed by atoms with van der Waals surface area (Å²) in [5, 5.41) is 21.8. The molecule has 39 heavy (non-hydrogen) atoms. The molecule has 0 unspecified atom stereocenters. The van der Waals surface area contributed by atoms with Gasteiger partial charge < -0.3 is 14.3 Å². The van der Waals surface area contributed by atoms with Crippen LogP contribution in [0.2, 0.25) is 18.1 Å². The molecule has 8 nitrogen and oxygen atoms in total. The van der Waals surface area contributed by atoms with Crippen LogP contribution in [0, 0.1) is 15.5 Å². The molecule has 1 saturated heterocycles. The van der Waals surface area contributed by atoms with E-state index in [-0.39, 0.29) is 23.4 Å². The SMILES string of the molecule is CC(C)(C)[C@@]1([C@@H](COc2ccccc2)O[Si](C)(C)C(C)(C)C)CC[C@@H](Cc2ccc([N+](=O)[O-])cc2)N1C(=O)O. The number of carboxylic acid groups (broad SMARTS) is 1. The lowest BCUT2D eigenvalue weighted by Crippen LogP contribution is -2.68. The van der Waals surface area contributed by atoms with Crippen LogP contribution in [0.25, 0.3) is 0 Å². The van der Waals surface area contributed by atoms with E-state index < -0.39 is 36.4 Å². The topological polar surface area (TPSA) is 102 Å². The van der Waals surface area contributed by atoms with Gasteiger partial charge in [0.25, 0.3) is 5.69 Å². The van der Waals surface area contributed by atoms with Gasteiger partial charge in [-0.2, -0.15) is 0 Å². The maximum absolute atomic E-state index is 13.1. The number of non-ortho nitro benzene ring substituents is 1. The average Bonchev–Trinajstić information content (AvgIpc) is 3.22. The Balaban J connectivity index is 2.06. The molecule has 0 bridgehead atoms. The summed E-state index contributed by atoms with van der Waals surface area (Å²) >= 11 is 0. The maximum Gasteiger partial charge on any atom is 0.408 e. The number of nitro benzene ring substituents is 1. The lowest BCUT2D eigenvalue weighted by molar-refractivity contribution is -0.384. The van der Waals surface area contributed by atoms with Crippen molar-refractivity contribution in [3.05, 3.63) is 70.3 Å². The summed E-state index contributed by atoms with van der Waals surface area (Å²) in [6.07, 6.45) is 0.254. The summed E-state index contributed by atoms with van der Waals surface area (Å²) in [7, 11) is -2.34. The summed E-state index contributed by atoms with van der Waals surface area (Å²) in [6, 6.07) is 15.6. The minimum atomic E-state index is -2.34. The number of hydrogen-bond donors (Lipinski definition) is 1. The predicted molar refractivity (Wildman–Crippen MR) is 156 cm³/mol. The highest BCUT2D eigenvalue weighted by Crippen LogP contribution is 2.52. The van der Waals surface area contributed by atoms with Gasteiger partial charge in [-0.25, -0.2) is 4.79 Å². The van der Waals surface area contributed by atoms with E-state index in [0.717, 1.165) is 5.56 Å². The van der Waals surface area contributed by atoms with Crippen LogP contribution in [0.15, 0.2) is 54.6 Å². The lowest BCUT2D eigenvalue weighted by Gasteiger charge is -2.54. The van der Waals surface area contributed by atoms with Gasteiger partial charge >= 0.3 is 6.09 Å². The standard InChI is InChI=1S/C30H44N2O6Si/c1-28(2,3)30(26(38-39(7,8)29(4,5)6)21-37-25-12-10-9-11-13-25)19-18-24(31(30)27(33)34)20-22-14-16-23(17-15-22)32(35)36/h9-17,24,26H,18-21H2,1-8H3,(H,33,34)/t24-,26+,30-/m0/s1. The second kappa shape index (κ2) is 11.3. The molecule has 0 radical (unpaired) electrons. The Morgan fingerprint density at radius 1 is 1.10 bits per heavy atom. The highest BCUT2D eigenvalue weighted by molar-refractivity contribution is 6.74. The zero-order valence-corrected chi connectivity index (χ0v) is 25.6. The van der Waals surface area contributed by atoms with Gasteiger partial charge in [0.15, 0.2) is 8.32 Å².